The monoisotopic (exact) mass is 288 g/mol. The van der Waals surface area contributed by atoms with Crippen molar-refractivity contribution in [3.05, 3.63) is 30.1 Å². The molecule has 0 N–H and O–H groups in total. The smallest absolute Gasteiger partial charge is 0.171 e. The number of hydrogen-bond donors (Lipinski definition) is 0. The first kappa shape index (κ1) is 14.2. The molecule has 5 heteroatoms. The zero-order valence-electron chi connectivity index (χ0n) is 12.2. The number of hydrogen-bond acceptors (Lipinski definition) is 4. The fraction of sp³-hybridized carbons (Fsp3) is 0.500. The normalized spacial score (nSPS) is 19.0. The van der Waals surface area contributed by atoms with Gasteiger partial charge in [0.05, 0.1) is 37.3 Å². The van der Waals surface area contributed by atoms with E-state index >= 15 is 0 Å². The maximum Gasteiger partial charge on any atom is 0.171 e. The topological polar surface area (TPSA) is 53.4 Å². The number of fused-ring (bicyclic) bond motifs is 1. The first-order valence-corrected chi connectivity index (χ1v) is 7.45. The Morgan fingerprint density at radius 1 is 1.38 bits per heavy atom. The van der Waals surface area contributed by atoms with Crippen molar-refractivity contribution < 1.29 is 14.3 Å². The summed E-state index contributed by atoms with van der Waals surface area (Å²) in [6.45, 7) is 4.40. The lowest BCUT2D eigenvalue weighted by Crippen LogP contribution is -2.36. The number of para-hydroxylation sites is 2. The highest BCUT2D eigenvalue weighted by Gasteiger charge is 2.24. The SMILES string of the molecule is CCCn1c(CC(=O)C2COCCO2)nc2ccccc21. The third kappa shape index (κ3) is 2.99. The van der Waals surface area contributed by atoms with E-state index in [1.165, 1.54) is 0 Å². The van der Waals surface area contributed by atoms with Crippen molar-refractivity contribution in [2.75, 3.05) is 19.8 Å². The molecular formula is C16H20N2O3. The average molecular weight is 288 g/mol. The minimum atomic E-state index is -0.450. The van der Waals surface area contributed by atoms with Crippen LogP contribution in [-0.2, 0) is 27.2 Å². The summed E-state index contributed by atoms with van der Waals surface area (Å²) >= 11 is 0. The Morgan fingerprint density at radius 2 is 2.24 bits per heavy atom. The van der Waals surface area contributed by atoms with E-state index < -0.39 is 6.10 Å². The standard InChI is InChI=1S/C16H20N2O3/c1-2-7-18-13-6-4-3-5-12(13)17-16(18)10-14(19)15-11-20-8-9-21-15/h3-6,15H,2,7-11H2,1H3. The minimum absolute atomic E-state index is 0.0439. The summed E-state index contributed by atoms with van der Waals surface area (Å²) in [7, 11) is 0. The summed E-state index contributed by atoms with van der Waals surface area (Å²) in [4.78, 5) is 17.0. The molecule has 2 aromatic rings. The average Bonchev–Trinajstić information content (AvgIpc) is 2.86. The molecule has 0 aliphatic carbocycles. The van der Waals surface area contributed by atoms with Crippen molar-refractivity contribution in [3.63, 3.8) is 0 Å². The lowest BCUT2D eigenvalue weighted by molar-refractivity contribution is -0.144. The summed E-state index contributed by atoms with van der Waals surface area (Å²) in [6.07, 6.45) is 0.849. The van der Waals surface area contributed by atoms with Gasteiger partial charge in [0, 0.05) is 6.54 Å². The fourth-order valence-corrected chi connectivity index (χ4v) is 2.68. The van der Waals surface area contributed by atoms with Gasteiger partial charge in [-0.3, -0.25) is 4.79 Å². The van der Waals surface area contributed by atoms with Gasteiger partial charge in [-0.2, -0.15) is 0 Å². The Kier molecular flexibility index (Phi) is 4.31. The molecule has 2 heterocycles. The number of rotatable bonds is 5. The van der Waals surface area contributed by atoms with Gasteiger partial charge >= 0.3 is 0 Å². The van der Waals surface area contributed by atoms with E-state index in [-0.39, 0.29) is 5.78 Å². The van der Waals surface area contributed by atoms with Gasteiger partial charge in [0.2, 0.25) is 0 Å². The molecule has 1 aliphatic heterocycles. The first-order valence-electron chi connectivity index (χ1n) is 7.45. The van der Waals surface area contributed by atoms with Crippen molar-refractivity contribution >= 4 is 16.8 Å². The maximum atomic E-state index is 12.3. The summed E-state index contributed by atoms with van der Waals surface area (Å²) in [5.74, 6) is 0.861. The number of aromatic nitrogens is 2. The van der Waals surface area contributed by atoms with Crippen molar-refractivity contribution in [2.24, 2.45) is 0 Å². The molecule has 1 aromatic heterocycles. The van der Waals surface area contributed by atoms with E-state index in [0.29, 0.717) is 26.2 Å². The molecule has 1 aromatic carbocycles. The van der Waals surface area contributed by atoms with Gasteiger partial charge in [0.15, 0.2) is 5.78 Å². The number of carbonyl (C=O) groups excluding carboxylic acids is 1. The Morgan fingerprint density at radius 3 is 3.00 bits per heavy atom. The van der Waals surface area contributed by atoms with Gasteiger partial charge in [0.25, 0.3) is 0 Å². The van der Waals surface area contributed by atoms with Gasteiger partial charge in [0.1, 0.15) is 11.9 Å². The second-order valence-electron chi connectivity index (χ2n) is 5.25. The van der Waals surface area contributed by atoms with Crippen LogP contribution in [0.4, 0.5) is 0 Å². The van der Waals surface area contributed by atoms with Crippen LogP contribution in [0.1, 0.15) is 19.2 Å². The van der Waals surface area contributed by atoms with Gasteiger partial charge in [-0.25, -0.2) is 4.98 Å². The highest BCUT2D eigenvalue weighted by atomic mass is 16.6. The van der Waals surface area contributed by atoms with Gasteiger partial charge < -0.3 is 14.0 Å². The van der Waals surface area contributed by atoms with Crippen LogP contribution in [0.5, 0.6) is 0 Å². The molecule has 1 fully saturated rings. The molecule has 1 aliphatic rings. The lowest BCUT2D eigenvalue weighted by Gasteiger charge is -2.21. The molecule has 1 unspecified atom stereocenters. The highest BCUT2D eigenvalue weighted by molar-refractivity contribution is 5.86. The van der Waals surface area contributed by atoms with Crippen molar-refractivity contribution in [1.82, 2.24) is 9.55 Å². The van der Waals surface area contributed by atoms with Gasteiger partial charge in [-0.05, 0) is 18.6 Å². The van der Waals surface area contributed by atoms with Crippen LogP contribution in [0.2, 0.25) is 0 Å². The van der Waals surface area contributed by atoms with Crippen molar-refractivity contribution in [1.29, 1.82) is 0 Å². The van der Waals surface area contributed by atoms with Gasteiger partial charge in [-0.1, -0.05) is 19.1 Å². The third-order valence-electron chi connectivity index (χ3n) is 3.69. The Bertz CT molecular complexity index is 629. The van der Waals surface area contributed by atoms with Crippen LogP contribution in [0.3, 0.4) is 0 Å². The van der Waals surface area contributed by atoms with E-state index in [4.69, 9.17) is 9.47 Å². The predicted molar refractivity (Wildman–Crippen MR) is 79.3 cm³/mol. The number of Topliss-reactive ketones (excluding diaryl/α,β-unsaturated/α-hetero) is 1. The van der Waals surface area contributed by atoms with E-state index in [2.05, 4.69) is 16.5 Å². The molecule has 0 spiro atoms. The summed E-state index contributed by atoms with van der Waals surface area (Å²) in [5, 5.41) is 0. The Balaban J connectivity index is 1.85. The summed E-state index contributed by atoms with van der Waals surface area (Å²) in [6, 6.07) is 8.00. The fourth-order valence-electron chi connectivity index (χ4n) is 2.68. The molecule has 0 radical (unpaired) electrons. The number of ether oxygens (including phenoxy) is 2. The largest absolute Gasteiger partial charge is 0.376 e. The molecule has 3 rings (SSSR count). The Hall–Kier alpha value is -1.72. The quantitative estimate of drug-likeness (QED) is 0.844. The second kappa shape index (κ2) is 6.37. The van der Waals surface area contributed by atoms with Crippen molar-refractivity contribution in [2.45, 2.75) is 32.4 Å². The highest BCUT2D eigenvalue weighted by Crippen LogP contribution is 2.18. The van der Waals surface area contributed by atoms with E-state index in [1.54, 1.807) is 0 Å². The first-order chi connectivity index (χ1) is 10.3. The van der Waals surface area contributed by atoms with Crippen LogP contribution in [-0.4, -0.2) is 41.3 Å². The van der Waals surface area contributed by atoms with Crippen LogP contribution < -0.4 is 0 Å². The predicted octanol–water partition coefficient (Wildman–Crippen LogP) is 1.97. The van der Waals surface area contributed by atoms with E-state index in [1.807, 2.05) is 24.3 Å². The number of nitrogens with zero attached hydrogens (tertiary/aromatic N) is 2. The molecule has 1 atom stereocenters. The molecule has 0 saturated carbocycles. The van der Waals surface area contributed by atoms with Crippen LogP contribution >= 0.6 is 0 Å². The second-order valence-corrected chi connectivity index (χ2v) is 5.25. The zero-order chi connectivity index (χ0) is 14.7. The van der Waals surface area contributed by atoms with Crippen molar-refractivity contribution in [3.8, 4) is 0 Å². The number of benzene rings is 1. The number of aryl methyl sites for hydroxylation is 1. The van der Waals surface area contributed by atoms with Crippen LogP contribution in [0.25, 0.3) is 11.0 Å². The van der Waals surface area contributed by atoms with Gasteiger partial charge in [-0.15, -0.1) is 0 Å². The molecule has 0 amide bonds. The number of ketones is 1. The summed E-state index contributed by atoms with van der Waals surface area (Å²) < 4.78 is 12.9. The van der Waals surface area contributed by atoms with E-state index in [9.17, 15) is 4.79 Å². The maximum absolute atomic E-state index is 12.3. The lowest BCUT2D eigenvalue weighted by atomic mass is 10.1. The minimum Gasteiger partial charge on any atom is -0.376 e. The van der Waals surface area contributed by atoms with E-state index in [0.717, 1.165) is 29.8 Å². The molecule has 0 bridgehead atoms. The Labute approximate surface area is 123 Å². The van der Waals surface area contributed by atoms with Crippen LogP contribution in [0.15, 0.2) is 24.3 Å². The summed E-state index contributed by atoms with van der Waals surface area (Å²) in [5.41, 5.74) is 2.03. The van der Waals surface area contributed by atoms with Crippen LogP contribution in [0, 0.1) is 0 Å². The number of imidazole rings is 1. The molecule has 21 heavy (non-hydrogen) atoms. The number of carbonyl (C=O) groups is 1. The third-order valence-corrected chi connectivity index (χ3v) is 3.69. The zero-order valence-corrected chi connectivity index (χ0v) is 12.2. The molecular weight excluding hydrogens is 268 g/mol. The molecule has 112 valence electrons. The molecule has 5 nitrogen and oxygen atoms in total. The molecule has 1 saturated heterocycles.